The van der Waals surface area contributed by atoms with Crippen LogP contribution in [-0.2, 0) is 51.7 Å². The number of nitrogens with zero attached hydrogens (tertiary/aromatic N) is 17. The van der Waals surface area contributed by atoms with Crippen LogP contribution in [0, 0.1) is 12.8 Å². The van der Waals surface area contributed by atoms with E-state index in [2.05, 4.69) is 85.6 Å². The molecule has 1 saturated heterocycles. The molecule has 13 heterocycles. The molecule has 0 radical (unpaired) electrons. The lowest BCUT2D eigenvalue weighted by atomic mass is 10.1. The summed E-state index contributed by atoms with van der Waals surface area (Å²) < 4.78 is 5.35. The molecule has 600 valence electrons. The van der Waals surface area contributed by atoms with Crippen LogP contribution < -0.4 is 22.9 Å². The second-order valence-electron chi connectivity index (χ2n) is 29.1. The number of carbonyl (C=O) groups excluding carboxylic acids is 4. The average Bonchev–Trinajstić information content (AvgIpc) is 1.59. The summed E-state index contributed by atoms with van der Waals surface area (Å²) >= 11 is 0. The number of imidazole rings is 4. The standard InChI is InChI=1S/C25H25N7O.C21H24N8O2.C20H21N7O.C18H19N7O/c1-3-32(22(33)12-16-6-4-5-15(2)11-16)14-21-29-23-18-8-7-17(19-9-10-27-31-19)13-20(18)28-25(26)24(23)30-21;1-2-28(21(30)29-7-9-31-10-8-29)12-17-25-18-14-4-3-13(15-5-6-23-27-15)11-16(14)24-20(22)19(18)26-17;1-2-27(20(28)11-3-4-11)10-16-24-17-13-6-5-12(14-7-8-22-26-14)9-15(13)23-19(21)18(17)25-16;1-3-25(10(2)26)9-15-22-16-12-5-4-11(13-6-7-20-24-13)8-14(12)21-18(19)17(16)23-15/h4-11,13H,3,12,14H2,1-2H3,(H2,26,28)(H,27,31)(H,29,30);3-6,11H,2,7-10,12H2,1H3,(H2,22,24)(H,23,27)(H,25,26);5-9,11H,2-4,10H2,1H3,(H2,21,23)(H,22,26)(H,24,25);4-8H,3,9H2,1-2H3,(H2,19,21)(H,20,24)(H,22,23). The molecule has 0 unspecified atom stereocenters. The molecule has 0 atom stereocenters. The van der Waals surface area contributed by atoms with Crippen molar-refractivity contribution in [3.05, 3.63) is 181 Å². The molecule has 34 nitrogen and oxygen atoms in total. The van der Waals surface area contributed by atoms with Gasteiger partial charge in [0.2, 0.25) is 17.7 Å². The van der Waals surface area contributed by atoms with E-state index in [-0.39, 0.29) is 29.7 Å². The Morgan fingerprint density at radius 3 is 1.10 bits per heavy atom. The van der Waals surface area contributed by atoms with Gasteiger partial charge < -0.3 is 72.1 Å². The van der Waals surface area contributed by atoms with E-state index >= 15 is 0 Å². The van der Waals surface area contributed by atoms with Crippen molar-refractivity contribution >= 4 is 135 Å². The fourth-order valence-corrected chi connectivity index (χ4v) is 14.7. The van der Waals surface area contributed by atoms with Gasteiger partial charge in [-0.3, -0.25) is 34.8 Å². The van der Waals surface area contributed by atoms with Crippen molar-refractivity contribution in [3.63, 3.8) is 0 Å². The highest BCUT2D eigenvalue weighted by Gasteiger charge is 2.34. The third-order valence-corrected chi connectivity index (χ3v) is 21.2. The van der Waals surface area contributed by atoms with E-state index in [9.17, 15) is 19.2 Å². The number of urea groups is 1. The summed E-state index contributed by atoms with van der Waals surface area (Å²) in [7, 11) is 0. The van der Waals surface area contributed by atoms with E-state index in [1.165, 1.54) is 0 Å². The van der Waals surface area contributed by atoms with Crippen LogP contribution in [0.2, 0.25) is 0 Å². The zero-order chi connectivity index (χ0) is 81.8. The zero-order valence-electron chi connectivity index (χ0n) is 66.0. The number of fused-ring (bicyclic) bond motifs is 12. The molecule has 5 aromatic carbocycles. The number of ether oxygens (including phenoxy) is 1. The van der Waals surface area contributed by atoms with Crippen LogP contribution in [-0.4, -0.2) is 201 Å². The molecule has 5 amide bonds. The number of H-pyrrole nitrogens is 8. The highest BCUT2D eigenvalue weighted by molar-refractivity contribution is 6.10. The number of hydrogen-bond donors (Lipinski definition) is 12. The highest BCUT2D eigenvalue weighted by atomic mass is 16.5. The second kappa shape index (κ2) is 33.4. The summed E-state index contributed by atoms with van der Waals surface area (Å²) in [5.41, 5.74) is 43.4. The average molecular weight is 1580 g/mol. The van der Waals surface area contributed by atoms with E-state index < -0.39 is 0 Å². The topological polar surface area (TPSA) is 479 Å². The maximum Gasteiger partial charge on any atom is 0.320 e. The van der Waals surface area contributed by atoms with Gasteiger partial charge in [-0.15, -0.1) is 0 Å². The number of likely N-dealkylation sites (N-methyl/N-ethyl adjacent to an activating group) is 1. The first kappa shape index (κ1) is 77.2. The number of carbonyl (C=O) groups is 4. The number of nitrogen functional groups attached to an aromatic ring is 4. The molecule has 19 rings (SSSR count). The number of pyridine rings is 4. The van der Waals surface area contributed by atoms with Crippen LogP contribution in [0.15, 0.2) is 146 Å². The van der Waals surface area contributed by atoms with Crippen molar-refractivity contribution in [2.45, 2.75) is 87.0 Å². The highest BCUT2D eigenvalue weighted by Crippen LogP contribution is 2.36. The lowest BCUT2D eigenvalue weighted by Gasteiger charge is -2.32. The number of nitrogens with two attached hydrogens (primary N) is 4. The van der Waals surface area contributed by atoms with Gasteiger partial charge in [0.25, 0.3) is 0 Å². The van der Waals surface area contributed by atoms with Crippen molar-refractivity contribution in [1.29, 1.82) is 0 Å². The van der Waals surface area contributed by atoms with Crippen LogP contribution in [0.5, 0.6) is 0 Å². The summed E-state index contributed by atoms with van der Waals surface area (Å²) in [5.74, 6) is 4.80. The molecular weight excluding hydrogens is 1500 g/mol. The number of aromatic amines is 8. The Morgan fingerprint density at radius 1 is 0.432 bits per heavy atom. The molecule has 1 saturated carbocycles. The van der Waals surface area contributed by atoms with Gasteiger partial charge >= 0.3 is 6.03 Å². The van der Waals surface area contributed by atoms with Crippen LogP contribution in [0.1, 0.15) is 81.9 Å². The summed E-state index contributed by atoms with van der Waals surface area (Å²) in [6, 6.07) is 39.5. The molecule has 16 N–H and O–H groups in total. The number of hydrogen-bond acceptors (Lipinski definition) is 21. The molecule has 34 heteroatoms. The van der Waals surface area contributed by atoms with Gasteiger partial charge in [-0.1, -0.05) is 54.1 Å². The van der Waals surface area contributed by atoms with Gasteiger partial charge in [-0.05, 0) is 126 Å². The molecule has 1 aliphatic heterocycles. The van der Waals surface area contributed by atoms with Crippen molar-refractivity contribution in [2.24, 2.45) is 5.92 Å². The van der Waals surface area contributed by atoms with E-state index in [1.54, 1.807) is 46.4 Å². The number of morpholine rings is 1. The van der Waals surface area contributed by atoms with E-state index in [0.29, 0.717) is 148 Å². The van der Waals surface area contributed by atoms with E-state index in [4.69, 9.17) is 42.6 Å². The third-order valence-electron chi connectivity index (χ3n) is 21.2. The van der Waals surface area contributed by atoms with Gasteiger partial charge in [-0.25, -0.2) is 44.7 Å². The fraction of sp³-hybridized carbons (Fsp3) is 0.262. The molecule has 118 heavy (non-hydrogen) atoms. The molecule has 2 aliphatic rings. The van der Waals surface area contributed by atoms with Crippen LogP contribution in [0.3, 0.4) is 0 Å². The Morgan fingerprint density at radius 2 is 0.780 bits per heavy atom. The predicted octanol–water partition coefficient (Wildman–Crippen LogP) is 11.6. The van der Waals surface area contributed by atoms with Gasteiger partial charge in [0.15, 0.2) is 0 Å². The van der Waals surface area contributed by atoms with Gasteiger partial charge in [0, 0.05) is 121 Å². The van der Waals surface area contributed by atoms with Gasteiger partial charge in [-0.2, -0.15) is 20.4 Å². The van der Waals surface area contributed by atoms with Gasteiger partial charge in [0.1, 0.15) is 90.7 Å². The lowest BCUT2D eigenvalue weighted by molar-refractivity contribution is -0.133. The number of aryl methyl sites for hydroxylation is 1. The smallest absolute Gasteiger partial charge is 0.320 e. The largest absolute Gasteiger partial charge is 0.382 e. The molecular formula is C84H89N29O5. The van der Waals surface area contributed by atoms with E-state index in [1.807, 2.05) is 166 Å². The normalized spacial score (nSPS) is 12.8. The first-order valence-corrected chi connectivity index (χ1v) is 39.2. The maximum atomic E-state index is 12.9. The predicted molar refractivity (Wildman–Crippen MR) is 454 cm³/mol. The molecule has 0 spiro atoms. The maximum absolute atomic E-state index is 12.9. The zero-order valence-corrected chi connectivity index (χ0v) is 66.0. The van der Waals surface area contributed by atoms with Crippen LogP contribution in [0.25, 0.3) is 133 Å². The first-order chi connectivity index (χ1) is 57.3. The summed E-state index contributed by atoms with van der Waals surface area (Å²) in [5, 5.41) is 31.4. The molecule has 0 bridgehead atoms. The Bertz CT molecular complexity index is 6520. The molecule has 17 aromatic rings. The molecule has 1 aliphatic carbocycles. The minimum atomic E-state index is -0.00795. The van der Waals surface area contributed by atoms with Crippen LogP contribution >= 0.6 is 0 Å². The summed E-state index contributed by atoms with van der Waals surface area (Å²) in [6.07, 6.45) is 9.20. The Kier molecular flexibility index (Phi) is 21.9. The van der Waals surface area contributed by atoms with Crippen molar-refractivity contribution in [2.75, 3.05) is 75.4 Å². The Balaban J connectivity index is 0.000000118. The molecule has 2 fully saturated rings. The van der Waals surface area contributed by atoms with Crippen molar-refractivity contribution in [3.8, 4) is 45.0 Å². The minimum Gasteiger partial charge on any atom is -0.382 e. The SMILES string of the molecule is CCN(Cc1nc2c([nH]1)c(N)nc1cc(-c3ccn[nH]3)ccc12)C(=O)C1CC1.CCN(Cc1nc2c([nH]1)c(N)nc1cc(-c3ccn[nH]3)ccc12)C(=O)Cc1cccc(C)c1.CCN(Cc1nc2c([nH]1)c(N)nc1cc(-c3ccn[nH]3)ccc12)C(=O)N1CCOCC1.CCN(Cc1nc2c([nH]1)c(N)nc1cc(-c3ccn[nH]3)ccc12)C(C)=O. The number of anilines is 4. The van der Waals surface area contributed by atoms with Crippen LogP contribution in [0.4, 0.5) is 28.1 Å². The van der Waals surface area contributed by atoms with Crippen molar-refractivity contribution < 1.29 is 23.9 Å². The Hall–Kier alpha value is -14.7. The fourth-order valence-electron chi connectivity index (χ4n) is 14.7. The summed E-state index contributed by atoms with van der Waals surface area (Å²) in [4.78, 5) is 109. The van der Waals surface area contributed by atoms with Crippen molar-refractivity contribution in [1.82, 2.24) is 125 Å². The number of amides is 5. The lowest BCUT2D eigenvalue weighted by Crippen LogP contribution is -2.47. The first-order valence-electron chi connectivity index (χ1n) is 39.2. The Labute approximate surface area is 674 Å². The monoisotopic (exact) mass is 1580 g/mol. The summed E-state index contributed by atoms with van der Waals surface area (Å²) in [6.45, 7) is 17.9. The third kappa shape index (κ3) is 16.3. The number of benzene rings is 5. The quantitative estimate of drug-likeness (QED) is 0.0358. The molecule has 12 aromatic heterocycles. The van der Waals surface area contributed by atoms with Gasteiger partial charge in [0.05, 0.1) is 90.7 Å². The minimum absolute atomic E-state index is 0.00751. The van der Waals surface area contributed by atoms with E-state index in [0.717, 1.165) is 141 Å². The number of aromatic nitrogens is 20. The number of nitrogens with one attached hydrogen (secondary N) is 8. The number of rotatable bonds is 19. The second-order valence-corrected chi connectivity index (χ2v) is 29.1.